The first-order valence-electron chi connectivity index (χ1n) is 5.67. The number of alkyl halides is 3. The first-order chi connectivity index (χ1) is 8.54. The molecule has 1 heterocycles. The van der Waals surface area contributed by atoms with Crippen LogP contribution in [0.25, 0.3) is 0 Å². The zero-order valence-electron chi connectivity index (χ0n) is 9.80. The van der Waals surface area contributed by atoms with Gasteiger partial charge in [-0.15, -0.1) is 0 Å². The highest BCUT2D eigenvalue weighted by atomic mass is 19.4. The van der Waals surface area contributed by atoms with Gasteiger partial charge in [0.05, 0.1) is 17.3 Å². The fraction of sp³-hybridized carbons (Fsp3) is 0.500. The van der Waals surface area contributed by atoms with Gasteiger partial charge in [0.25, 0.3) is 0 Å². The van der Waals surface area contributed by atoms with Crippen LogP contribution in [0.2, 0.25) is 0 Å². The molecule has 98 valence electrons. The van der Waals surface area contributed by atoms with Gasteiger partial charge in [-0.1, -0.05) is 6.42 Å². The van der Waals surface area contributed by atoms with Crippen LogP contribution < -0.4 is 5.32 Å². The first kappa shape index (κ1) is 14.3. The lowest BCUT2D eigenvalue weighted by atomic mass is 10.2. The second kappa shape index (κ2) is 6.84. The molecule has 1 aromatic rings. The Kier molecular flexibility index (Phi) is 5.43. The maximum Gasteiger partial charge on any atom is 0.417 e. The molecule has 0 spiro atoms. The van der Waals surface area contributed by atoms with Crippen LogP contribution in [0, 0.1) is 11.3 Å². The molecule has 0 aliphatic carbocycles. The van der Waals surface area contributed by atoms with E-state index in [4.69, 9.17) is 5.26 Å². The number of rotatable bonds is 6. The van der Waals surface area contributed by atoms with E-state index in [1.54, 1.807) is 0 Å². The van der Waals surface area contributed by atoms with Crippen LogP contribution in [0.4, 0.5) is 18.9 Å². The minimum atomic E-state index is -4.36. The van der Waals surface area contributed by atoms with Gasteiger partial charge in [0, 0.05) is 25.4 Å². The molecule has 1 N–H and O–H groups in total. The predicted octanol–water partition coefficient (Wildman–Crippen LogP) is 3.60. The third kappa shape index (κ3) is 5.04. The van der Waals surface area contributed by atoms with Crippen molar-refractivity contribution in [3.05, 3.63) is 24.0 Å². The fourth-order valence-corrected chi connectivity index (χ4v) is 1.43. The maximum absolute atomic E-state index is 12.4. The highest BCUT2D eigenvalue weighted by Crippen LogP contribution is 2.29. The lowest BCUT2D eigenvalue weighted by Gasteiger charge is -2.09. The van der Waals surface area contributed by atoms with Crippen molar-refractivity contribution in [3.63, 3.8) is 0 Å². The topological polar surface area (TPSA) is 48.7 Å². The molecule has 6 heteroatoms. The molecule has 1 rings (SSSR count). The average Bonchev–Trinajstić information content (AvgIpc) is 2.33. The van der Waals surface area contributed by atoms with E-state index in [2.05, 4.69) is 10.3 Å². The Labute approximate surface area is 104 Å². The standard InChI is InChI=1S/C12H14F3N3/c13-12(14,15)10-7-11(9-17-8-10)18-6-4-2-1-3-5-16/h7-9,18H,1-4,6H2. The van der Waals surface area contributed by atoms with Crippen LogP contribution in [0.15, 0.2) is 18.5 Å². The van der Waals surface area contributed by atoms with Crippen molar-refractivity contribution in [3.8, 4) is 6.07 Å². The summed E-state index contributed by atoms with van der Waals surface area (Å²) in [5, 5.41) is 11.2. The Morgan fingerprint density at radius 2 is 2.00 bits per heavy atom. The van der Waals surface area contributed by atoms with Gasteiger partial charge in [-0.05, 0) is 18.9 Å². The van der Waals surface area contributed by atoms with E-state index in [0.717, 1.165) is 31.5 Å². The van der Waals surface area contributed by atoms with Crippen molar-refractivity contribution >= 4 is 5.69 Å². The quantitative estimate of drug-likeness (QED) is 0.792. The summed E-state index contributed by atoms with van der Waals surface area (Å²) < 4.78 is 37.2. The minimum Gasteiger partial charge on any atom is -0.384 e. The number of hydrogen-bond donors (Lipinski definition) is 1. The molecule has 0 saturated carbocycles. The maximum atomic E-state index is 12.4. The van der Waals surface area contributed by atoms with Crippen molar-refractivity contribution in [2.45, 2.75) is 31.9 Å². The van der Waals surface area contributed by atoms with Crippen LogP contribution in [-0.4, -0.2) is 11.5 Å². The van der Waals surface area contributed by atoms with Gasteiger partial charge >= 0.3 is 6.18 Å². The van der Waals surface area contributed by atoms with E-state index < -0.39 is 11.7 Å². The van der Waals surface area contributed by atoms with E-state index in [1.807, 2.05) is 6.07 Å². The smallest absolute Gasteiger partial charge is 0.384 e. The minimum absolute atomic E-state index is 0.366. The summed E-state index contributed by atoms with van der Waals surface area (Å²) in [6.45, 7) is 0.578. The highest BCUT2D eigenvalue weighted by molar-refractivity contribution is 5.43. The Bertz CT molecular complexity index is 410. The van der Waals surface area contributed by atoms with Crippen molar-refractivity contribution in [1.29, 1.82) is 5.26 Å². The summed E-state index contributed by atoms with van der Waals surface area (Å²) >= 11 is 0. The molecular weight excluding hydrogens is 243 g/mol. The average molecular weight is 257 g/mol. The number of pyridine rings is 1. The molecule has 0 aromatic carbocycles. The summed E-state index contributed by atoms with van der Waals surface area (Å²) in [4.78, 5) is 3.55. The van der Waals surface area contributed by atoms with Gasteiger partial charge in [0.2, 0.25) is 0 Å². The molecule has 0 bridgehead atoms. The fourth-order valence-electron chi connectivity index (χ4n) is 1.43. The molecule has 0 aliphatic heterocycles. The van der Waals surface area contributed by atoms with Gasteiger partial charge in [-0.25, -0.2) is 0 Å². The van der Waals surface area contributed by atoms with Gasteiger partial charge in [0.1, 0.15) is 0 Å². The van der Waals surface area contributed by atoms with Gasteiger partial charge in [0.15, 0.2) is 0 Å². The zero-order chi connectivity index (χ0) is 13.4. The van der Waals surface area contributed by atoms with E-state index in [9.17, 15) is 13.2 Å². The Morgan fingerprint density at radius 1 is 1.22 bits per heavy atom. The van der Waals surface area contributed by atoms with Crippen LogP contribution >= 0.6 is 0 Å². The number of nitrogens with zero attached hydrogens (tertiary/aromatic N) is 2. The Balaban J connectivity index is 2.37. The molecule has 1 aromatic heterocycles. The second-order valence-electron chi connectivity index (χ2n) is 3.86. The normalized spacial score (nSPS) is 11.0. The third-order valence-corrected chi connectivity index (χ3v) is 2.36. The van der Waals surface area contributed by atoms with Gasteiger partial charge < -0.3 is 5.32 Å². The molecule has 0 radical (unpaired) electrons. The summed E-state index contributed by atoms with van der Waals surface area (Å²) in [5.74, 6) is 0. The molecule has 0 unspecified atom stereocenters. The first-order valence-corrected chi connectivity index (χ1v) is 5.67. The largest absolute Gasteiger partial charge is 0.417 e. The molecule has 18 heavy (non-hydrogen) atoms. The van der Waals surface area contributed by atoms with Crippen molar-refractivity contribution in [2.75, 3.05) is 11.9 Å². The van der Waals surface area contributed by atoms with Gasteiger partial charge in [-0.2, -0.15) is 18.4 Å². The summed E-state index contributed by atoms with van der Waals surface area (Å²) in [5.41, 5.74) is -0.387. The molecule has 0 atom stereocenters. The van der Waals surface area contributed by atoms with E-state index in [0.29, 0.717) is 18.7 Å². The van der Waals surface area contributed by atoms with Crippen molar-refractivity contribution < 1.29 is 13.2 Å². The van der Waals surface area contributed by atoms with E-state index in [-0.39, 0.29) is 0 Å². The van der Waals surface area contributed by atoms with Gasteiger partial charge in [-0.3, -0.25) is 4.98 Å². The van der Waals surface area contributed by atoms with Crippen molar-refractivity contribution in [1.82, 2.24) is 4.98 Å². The van der Waals surface area contributed by atoms with Crippen LogP contribution in [0.1, 0.15) is 31.2 Å². The molecule has 3 nitrogen and oxygen atoms in total. The van der Waals surface area contributed by atoms with Crippen molar-refractivity contribution in [2.24, 2.45) is 0 Å². The third-order valence-electron chi connectivity index (χ3n) is 2.36. The summed E-state index contributed by atoms with van der Waals surface area (Å²) in [6, 6.07) is 3.09. The monoisotopic (exact) mass is 257 g/mol. The van der Waals surface area contributed by atoms with Crippen LogP contribution in [-0.2, 0) is 6.18 Å². The molecule has 0 amide bonds. The number of hydrogen-bond acceptors (Lipinski definition) is 3. The molecule has 0 aliphatic rings. The number of aromatic nitrogens is 1. The van der Waals surface area contributed by atoms with E-state index in [1.165, 1.54) is 6.20 Å². The number of anilines is 1. The Morgan fingerprint density at radius 3 is 2.67 bits per heavy atom. The summed E-state index contributed by atoms with van der Waals surface area (Å²) in [7, 11) is 0. The molecule has 0 saturated heterocycles. The molecule has 0 fully saturated rings. The van der Waals surface area contributed by atoms with E-state index >= 15 is 0 Å². The number of nitrogens with one attached hydrogen (secondary N) is 1. The zero-order valence-corrected chi connectivity index (χ0v) is 9.80. The Hall–Kier alpha value is -1.77. The molecular formula is C12H14F3N3. The SMILES string of the molecule is N#CCCCCCNc1cncc(C(F)(F)F)c1. The number of unbranched alkanes of at least 4 members (excludes halogenated alkanes) is 3. The number of nitriles is 1. The van der Waals surface area contributed by atoms with Crippen LogP contribution in [0.3, 0.4) is 0 Å². The second-order valence-corrected chi connectivity index (χ2v) is 3.86. The highest BCUT2D eigenvalue weighted by Gasteiger charge is 2.30. The predicted molar refractivity (Wildman–Crippen MR) is 61.8 cm³/mol. The summed E-state index contributed by atoms with van der Waals surface area (Å²) in [6.07, 6.45) is 0.842. The number of halogens is 3. The van der Waals surface area contributed by atoms with Crippen LogP contribution in [0.5, 0.6) is 0 Å². The lowest BCUT2D eigenvalue weighted by Crippen LogP contribution is -2.08. The lowest BCUT2D eigenvalue weighted by molar-refractivity contribution is -0.137.